The van der Waals surface area contributed by atoms with Crippen LogP contribution in [0.2, 0.25) is 0 Å². The standard InChI is InChI=1S/C19H23N5O/c1-15-4-2-5-16(22-15)13-24-10-3-6-19(24)7-11-23(14-19)18(25)17-12-20-8-9-21-17/h2,4-5,8-9,12H,3,6-7,10-11,13-14H2,1H3/t19-/m0/s1. The molecule has 0 bridgehead atoms. The summed E-state index contributed by atoms with van der Waals surface area (Å²) >= 11 is 0. The predicted octanol–water partition coefficient (Wildman–Crippen LogP) is 2.06. The molecule has 0 unspecified atom stereocenters. The van der Waals surface area contributed by atoms with Crippen LogP contribution in [0, 0.1) is 6.92 Å². The van der Waals surface area contributed by atoms with E-state index in [0.29, 0.717) is 5.69 Å². The summed E-state index contributed by atoms with van der Waals surface area (Å²) in [7, 11) is 0. The zero-order valence-corrected chi connectivity index (χ0v) is 14.6. The van der Waals surface area contributed by atoms with E-state index in [1.807, 2.05) is 17.9 Å². The third kappa shape index (κ3) is 3.14. The number of hydrogen-bond acceptors (Lipinski definition) is 5. The molecule has 1 spiro atoms. The number of carbonyl (C=O) groups excluding carboxylic acids is 1. The quantitative estimate of drug-likeness (QED) is 0.858. The molecular weight excluding hydrogens is 314 g/mol. The summed E-state index contributed by atoms with van der Waals surface area (Å²) in [4.78, 5) is 30.0. The number of aromatic nitrogens is 3. The molecule has 0 N–H and O–H groups in total. The number of nitrogens with zero attached hydrogens (tertiary/aromatic N) is 5. The maximum atomic E-state index is 12.7. The van der Waals surface area contributed by atoms with E-state index in [2.05, 4.69) is 32.0 Å². The Bertz CT molecular complexity index is 765. The molecule has 25 heavy (non-hydrogen) atoms. The van der Waals surface area contributed by atoms with E-state index >= 15 is 0 Å². The van der Waals surface area contributed by atoms with Crippen molar-refractivity contribution >= 4 is 5.91 Å². The van der Waals surface area contributed by atoms with Crippen molar-refractivity contribution in [3.8, 4) is 0 Å². The molecule has 6 heteroatoms. The molecule has 1 amide bonds. The van der Waals surface area contributed by atoms with E-state index in [1.165, 1.54) is 6.42 Å². The van der Waals surface area contributed by atoms with Gasteiger partial charge in [0.05, 0.1) is 11.9 Å². The van der Waals surface area contributed by atoms with Gasteiger partial charge in [-0.3, -0.25) is 19.7 Å². The molecule has 2 aliphatic heterocycles. The maximum Gasteiger partial charge on any atom is 0.274 e. The summed E-state index contributed by atoms with van der Waals surface area (Å²) in [6, 6.07) is 6.19. The number of likely N-dealkylation sites (tertiary alicyclic amines) is 2. The summed E-state index contributed by atoms with van der Waals surface area (Å²) in [5.74, 6) is -0.00879. The van der Waals surface area contributed by atoms with Gasteiger partial charge < -0.3 is 4.90 Å². The van der Waals surface area contributed by atoms with E-state index in [-0.39, 0.29) is 11.4 Å². The Morgan fingerprint density at radius 1 is 1.24 bits per heavy atom. The van der Waals surface area contributed by atoms with E-state index < -0.39 is 0 Å². The van der Waals surface area contributed by atoms with Gasteiger partial charge in [0.15, 0.2) is 0 Å². The van der Waals surface area contributed by atoms with Crippen LogP contribution in [0.5, 0.6) is 0 Å². The van der Waals surface area contributed by atoms with Crippen LogP contribution in [-0.2, 0) is 6.54 Å². The minimum absolute atomic E-state index is 0.00879. The van der Waals surface area contributed by atoms with Crippen LogP contribution in [-0.4, -0.2) is 55.8 Å². The normalized spacial score (nSPS) is 23.5. The zero-order valence-electron chi connectivity index (χ0n) is 14.6. The van der Waals surface area contributed by atoms with E-state index in [1.54, 1.807) is 18.6 Å². The number of amides is 1. The Hall–Kier alpha value is -2.34. The number of pyridine rings is 1. The fraction of sp³-hybridized carbons (Fsp3) is 0.474. The first kappa shape index (κ1) is 16.1. The van der Waals surface area contributed by atoms with Gasteiger partial charge in [-0.25, -0.2) is 4.98 Å². The average molecular weight is 337 g/mol. The first-order chi connectivity index (χ1) is 12.2. The zero-order chi connectivity index (χ0) is 17.3. The van der Waals surface area contributed by atoms with Crippen molar-refractivity contribution < 1.29 is 4.79 Å². The molecule has 130 valence electrons. The second kappa shape index (κ2) is 6.52. The van der Waals surface area contributed by atoms with E-state index in [0.717, 1.165) is 50.4 Å². The van der Waals surface area contributed by atoms with Crippen molar-refractivity contribution in [2.45, 2.75) is 38.3 Å². The summed E-state index contributed by atoms with van der Waals surface area (Å²) < 4.78 is 0. The van der Waals surface area contributed by atoms with Gasteiger partial charge in [0.1, 0.15) is 5.69 Å². The van der Waals surface area contributed by atoms with Gasteiger partial charge >= 0.3 is 0 Å². The van der Waals surface area contributed by atoms with Crippen LogP contribution in [0.4, 0.5) is 0 Å². The van der Waals surface area contributed by atoms with Gasteiger partial charge in [-0.1, -0.05) is 6.07 Å². The van der Waals surface area contributed by atoms with Gasteiger partial charge in [0.2, 0.25) is 0 Å². The number of carbonyl (C=O) groups is 1. The highest BCUT2D eigenvalue weighted by Gasteiger charge is 2.47. The highest BCUT2D eigenvalue weighted by Crippen LogP contribution is 2.38. The van der Waals surface area contributed by atoms with E-state index in [4.69, 9.17) is 0 Å². The lowest BCUT2D eigenvalue weighted by molar-refractivity contribution is 0.0734. The second-order valence-corrected chi connectivity index (χ2v) is 7.09. The van der Waals surface area contributed by atoms with Crippen molar-refractivity contribution in [1.29, 1.82) is 0 Å². The summed E-state index contributed by atoms with van der Waals surface area (Å²) in [6.07, 6.45) is 8.06. The van der Waals surface area contributed by atoms with Crippen LogP contribution < -0.4 is 0 Å². The molecule has 4 rings (SSSR count). The fourth-order valence-corrected chi connectivity index (χ4v) is 4.19. The molecule has 2 fully saturated rings. The second-order valence-electron chi connectivity index (χ2n) is 7.09. The molecule has 0 aliphatic carbocycles. The molecule has 2 aromatic heterocycles. The van der Waals surface area contributed by atoms with Gasteiger partial charge in [0, 0.05) is 43.3 Å². The molecule has 2 saturated heterocycles. The molecular formula is C19H23N5O. The van der Waals surface area contributed by atoms with Crippen LogP contribution in [0.15, 0.2) is 36.8 Å². The molecule has 4 heterocycles. The molecule has 1 atom stereocenters. The topological polar surface area (TPSA) is 62.2 Å². The van der Waals surface area contributed by atoms with Gasteiger partial charge in [-0.05, 0) is 44.9 Å². The first-order valence-corrected chi connectivity index (χ1v) is 8.89. The summed E-state index contributed by atoms with van der Waals surface area (Å²) in [5, 5.41) is 0. The number of aryl methyl sites for hydroxylation is 1. The average Bonchev–Trinajstić information content (AvgIpc) is 3.23. The van der Waals surface area contributed by atoms with Crippen molar-refractivity contribution in [1.82, 2.24) is 24.8 Å². The fourth-order valence-electron chi connectivity index (χ4n) is 4.19. The lowest BCUT2D eigenvalue weighted by atomic mass is 9.95. The van der Waals surface area contributed by atoms with Crippen molar-refractivity contribution in [2.75, 3.05) is 19.6 Å². The predicted molar refractivity (Wildman–Crippen MR) is 93.9 cm³/mol. The van der Waals surface area contributed by atoms with Gasteiger partial charge in [-0.2, -0.15) is 0 Å². The number of rotatable bonds is 3. The number of hydrogen-bond donors (Lipinski definition) is 0. The van der Waals surface area contributed by atoms with Gasteiger partial charge in [0.25, 0.3) is 5.91 Å². The molecule has 2 aliphatic rings. The monoisotopic (exact) mass is 337 g/mol. The Balaban J connectivity index is 1.49. The smallest absolute Gasteiger partial charge is 0.274 e. The van der Waals surface area contributed by atoms with Crippen LogP contribution in [0.25, 0.3) is 0 Å². The lowest BCUT2D eigenvalue weighted by Crippen LogP contribution is -2.46. The Kier molecular flexibility index (Phi) is 4.21. The van der Waals surface area contributed by atoms with Gasteiger partial charge in [-0.15, -0.1) is 0 Å². The third-order valence-corrected chi connectivity index (χ3v) is 5.44. The minimum Gasteiger partial charge on any atom is -0.335 e. The summed E-state index contributed by atoms with van der Waals surface area (Å²) in [5.41, 5.74) is 2.68. The highest BCUT2D eigenvalue weighted by molar-refractivity contribution is 5.92. The largest absolute Gasteiger partial charge is 0.335 e. The van der Waals surface area contributed by atoms with Crippen molar-refractivity contribution in [3.63, 3.8) is 0 Å². The van der Waals surface area contributed by atoms with E-state index in [9.17, 15) is 4.79 Å². The Morgan fingerprint density at radius 3 is 2.96 bits per heavy atom. The SMILES string of the molecule is Cc1cccc(CN2CCC[C@@]23CCN(C(=O)c2cnccn2)C3)n1. The molecule has 0 saturated carbocycles. The summed E-state index contributed by atoms with van der Waals surface area (Å²) in [6.45, 7) is 5.51. The maximum absolute atomic E-state index is 12.7. The molecule has 0 radical (unpaired) electrons. The molecule has 0 aromatic carbocycles. The van der Waals surface area contributed by atoms with Crippen molar-refractivity contribution in [2.24, 2.45) is 0 Å². The highest BCUT2D eigenvalue weighted by atomic mass is 16.2. The third-order valence-electron chi connectivity index (χ3n) is 5.44. The Morgan fingerprint density at radius 2 is 2.16 bits per heavy atom. The minimum atomic E-state index is -0.00879. The first-order valence-electron chi connectivity index (χ1n) is 8.89. The van der Waals surface area contributed by atoms with Crippen LogP contribution in [0.1, 0.15) is 41.1 Å². The Labute approximate surface area is 147 Å². The lowest BCUT2D eigenvalue weighted by Gasteiger charge is -2.35. The van der Waals surface area contributed by atoms with Crippen LogP contribution in [0.3, 0.4) is 0 Å². The van der Waals surface area contributed by atoms with Crippen LogP contribution >= 0.6 is 0 Å². The van der Waals surface area contributed by atoms with Crippen molar-refractivity contribution in [3.05, 3.63) is 53.9 Å². The molecule has 2 aromatic rings. The molecule has 6 nitrogen and oxygen atoms in total.